The van der Waals surface area contributed by atoms with Crippen LogP contribution in [0.1, 0.15) is 29.3 Å². The second-order valence-electron chi connectivity index (χ2n) is 4.06. The first-order valence-corrected chi connectivity index (χ1v) is 5.95. The molecule has 20 heavy (non-hydrogen) atoms. The van der Waals surface area contributed by atoms with Gasteiger partial charge in [0.2, 0.25) is 5.91 Å². The first kappa shape index (κ1) is 15.7. The number of halogens is 1. The molecule has 1 unspecified atom stereocenters. The quantitative estimate of drug-likeness (QED) is 0.685. The Morgan fingerprint density at radius 3 is 2.80 bits per heavy atom. The third kappa shape index (κ3) is 4.37. The van der Waals surface area contributed by atoms with Crippen molar-refractivity contribution in [2.75, 3.05) is 6.61 Å². The van der Waals surface area contributed by atoms with Gasteiger partial charge in [0.15, 0.2) is 0 Å². The van der Waals surface area contributed by atoms with Crippen molar-refractivity contribution in [3.05, 3.63) is 35.1 Å². The van der Waals surface area contributed by atoms with Gasteiger partial charge in [-0.3, -0.25) is 9.59 Å². The van der Waals surface area contributed by atoms with Gasteiger partial charge < -0.3 is 16.2 Å². The lowest BCUT2D eigenvalue weighted by Gasteiger charge is -2.11. The molecule has 1 rings (SSSR count). The van der Waals surface area contributed by atoms with Crippen molar-refractivity contribution < 1.29 is 19.1 Å². The molecule has 0 heterocycles. The molecular weight excluding hydrogens is 263 g/mol. The SMILES string of the molecule is CC(NC(=O)c1ccc(F)cc1C#CCCO)C(N)=O. The number of nitrogens with two attached hydrogens (primary N) is 1. The van der Waals surface area contributed by atoms with Gasteiger partial charge in [-0.25, -0.2) is 4.39 Å². The van der Waals surface area contributed by atoms with Crippen molar-refractivity contribution in [2.24, 2.45) is 5.73 Å². The molecule has 0 spiro atoms. The topological polar surface area (TPSA) is 92.4 Å². The van der Waals surface area contributed by atoms with Crippen molar-refractivity contribution in [2.45, 2.75) is 19.4 Å². The summed E-state index contributed by atoms with van der Waals surface area (Å²) in [6, 6.07) is 2.68. The van der Waals surface area contributed by atoms with Crippen LogP contribution in [0.4, 0.5) is 4.39 Å². The van der Waals surface area contributed by atoms with E-state index >= 15 is 0 Å². The average Bonchev–Trinajstić information content (AvgIpc) is 2.38. The Morgan fingerprint density at radius 2 is 2.20 bits per heavy atom. The molecule has 0 aliphatic heterocycles. The van der Waals surface area contributed by atoms with E-state index in [4.69, 9.17) is 10.8 Å². The molecule has 5 nitrogen and oxygen atoms in total. The van der Waals surface area contributed by atoms with Crippen LogP contribution in [-0.4, -0.2) is 29.6 Å². The third-order valence-electron chi connectivity index (χ3n) is 2.46. The lowest BCUT2D eigenvalue weighted by molar-refractivity contribution is -0.119. The molecule has 0 aliphatic rings. The molecule has 0 saturated heterocycles. The van der Waals surface area contributed by atoms with Crippen LogP contribution >= 0.6 is 0 Å². The first-order chi connectivity index (χ1) is 9.45. The average molecular weight is 278 g/mol. The Bertz CT molecular complexity index is 576. The second-order valence-corrected chi connectivity index (χ2v) is 4.06. The summed E-state index contributed by atoms with van der Waals surface area (Å²) in [7, 11) is 0. The van der Waals surface area contributed by atoms with E-state index in [-0.39, 0.29) is 24.2 Å². The fourth-order valence-electron chi connectivity index (χ4n) is 1.38. The van der Waals surface area contributed by atoms with Crippen LogP contribution in [0.25, 0.3) is 0 Å². The van der Waals surface area contributed by atoms with E-state index in [9.17, 15) is 14.0 Å². The van der Waals surface area contributed by atoms with E-state index in [1.807, 2.05) is 0 Å². The lowest BCUT2D eigenvalue weighted by Crippen LogP contribution is -2.42. The second kappa shape index (κ2) is 7.26. The Morgan fingerprint density at radius 1 is 1.50 bits per heavy atom. The van der Waals surface area contributed by atoms with Gasteiger partial charge in [-0.2, -0.15) is 0 Å². The van der Waals surface area contributed by atoms with Gasteiger partial charge in [0.1, 0.15) is 11.9 Å². The molecule has 1 atom stereocenters. The van der Waals surface area contributed by atoms with Crippen molar-refractivity contribution >= 4 is 11.8 Å². The summed E-state index contributed by atoms with van der Waals surface area (Å²) in [6.45, 7) is 1.32. The predicted octanol–water partition coefficient (Wildman–Crippen LogP) is 0.163. The highest BCUT2D eigenvalue weighted by Gasteiger charge is 2.16. The van der Waals surface area contributed by atoms with Crippen molar-refractivity contribution in [3.63, 3.8) is 0 Å². The van der Waals surface area contributed by atoms with E-state index in [2.05, 4.69) is 17.2 Å². The molecule has 0 bridgehead atoms. The largest absolute Gasteiger partial charge is 0.395 e. The molecular formula is C14H15FN2O3. The number of hydrogen-bond donors (Lipinski definition) is 3. The maximum Gasteiger partial charge on any atom is 0.253 e. The minimum atomic E-state index is -0.842. The van der Waals surface area contributed by atoms with Gasteiger partial charge in [0.25, 0.3) is 5.91 Å². The molecule has 2 amide bonds. The van der Waals surface area contributed by atoms with E-state index in [0.29, 0.717) is 0 Å². The summed E-state index contributed by atoms with van der Waals surface area (Å²) in [6.07, 6.45) is 0.218. The number of aliphatic hydroxyl groups excluding tert-OH is 1. The smallest absolute Gasteiger partial charge is 0.253 e. The van der Waals surface area contributed by atoms with Crippen LogP contribution in [0, 0.1) is 17.7 Å². The number of aliphatic hydroxyl groups is 1. The van der Waals surface area contributed by atoms with Crippen molar-refractivity contribution in [1.29, 1.82) is 0 Å². The highest BCUT2D eigenvalue weighted by molar-refractivity contribution is 5.99. The maximum atomic E-state index is 13.2. The van der Waals surface area contributed by atoms with Crippen LogP contribution in [0.3, 0.4) is 0 Å². The van der Waals surface area contributed by atoms with E-state index in [1.165, 1.54) is 13.0 Å². The fourth-order valence-corrected chi connectivity index (χ4v) is 1.38. The number of primary amides is 1. The summed E-state index contributed by atoms with van der Waals surface area (Å²) in [5.74, 6) is 3.46. The summed E-state index contributed by atoms with van der Waals surface area (Å²) < 4.78 is 13.2. The fraction of sp³-hybridized carbons (Fsp3) is 0.286. The third-order valence-corrected chi connectivity index (χ3v) is 2.46. The zero-order chi connectivity index (χ0) is 15.1. The predicted molar refractivity (Wildman–Crippen MR) is 71.1 cm³/mol. The van der Waals surface area contributed by atoms with Crippen LogP contribution in [0.15, 0.2) is 18.2 Å². The summed E-state index contributed by atoms with van der Waals surface area (Å²) in [5, 5.41) is 11.0. The van der Waals surface area contributed by atoms with Crippen LogP contribution in [0.5, 0.6) is 0 Å². The summed E-state index contributed by atoms with van der Waals surface area (Å²) in [4.78, 5) is 22.9. The maximum absolute atomic E-state index is 13.2. The van der Waals surface area contributed by atoms with E-state index in [1.54, 1.807) is 0 Å². The highest BCUT2D eigenvalue weighted by Crippen LogP contribution is 2.10. The number of rotatable bonds is 4. The minimum absolute atomic E-state index is 0.122. The monoisotopic (exact) mass is 278 g/mol. The van der Waals surface area contributed by atoms with Crippen LogP contribution in [0.2, 0.25) is 0 Å². The summed E-state index contributed by atoms with van der Waals surface area (Å²) in [5.41, 5.74) is 5.38. The molecule has 0 saturated carbocycles. The molecule has 1 aromatic carbocycles. The number of amides is 2. The minimum Gasteiger partial charge on any atom is -0.395 e. The number of carbonyl (C=O) groups excluding carboxylic acids is 2. The standard InChI is InChI=1S/C14H15FN2O3/c1-9(13(16)19)17-14(20)12-6-5-11(15)8-10(12)4-2-3-7-18/h5-6,8-9,18H,3,7H2,1H3,(H2,16,19)(H,17,20). The zero-order valence-electron chi connectivity index (χ0n) is 10.9. The summed E-state index contributed by atoms with van der Waals surface area (Å²) >= 11 is 0. The number of carbonyl (C=O) groups is 2. The molecule has 0 fully saturated rings. The van der Waals surface area contributed by atoms with Gasteiger partial charge in [0.05, 0.1) is 12.2 Å². The number of hydrogen-bond acceptors (Lipinski definition) is 3. The van der Waals surface area contributed by atoms with E-state index < -0.39 is 23.7 Å². The lowest BCUT2D eigenvalue weighted by atomic mass is 10.1. The zero-order valence-corrected chi connectivity index (χ0v) is 10.9. The van der Waals surface area contributed by atoms with Crippen molar-refractivity contribution in [1.82, 2.24) is 5.32 Å². The first-order valence-electron chi connectivity index (χ1n) is 5.95. The molecule has 0 radical (unpaired) electrons. The van der Waals surface area contributed by atoms with Gasteiger partial charge in [-0.1, -0.05) is 11.8 Å². The van der Waals surface area contributed by atoms with Gasteiger partial charge in [-0.05, 0) is 25.1 Å². The Hall–Kier alpha value is -2.39. The number of nitrogens with one attached hydrogen (secondary N) is 1. The number of benzene rings is 1. The molecule has 4 N–H and O–H groups in total. The Balaban J connectivity index is 3.02. The molecule has 106 valence electrons. The van der Waals surface area contributed by atoms with E-state index in [0.717, 1.165) is 12.1 Å². The molecule has 6 heteroatoms. The van der Waals surface area contributed by atoms with Crippen LogP contribution in [-0.2, 0) is 4.79 Å². The Labute approximate surface area is 116 Å². The van der Waals surface area contributed by atoms with Crippen LogP contribution < -0.4 is 11.1 Å². The molecule has 1 aromatic rings. The Kier molecular flexibility index (Phi) is 5.69. The van der Waals surface area contributed by atoms with Gasteiger partial charge in [0, 0.05) is 12.0 Å². The van der Waals surface area contributed by atoms with Crippen molar-refractivity contribution in [3.8, 4) is 11.8 Å². The normalized spacial score (nSPS) is 11.2. The molecule has 0 aromatic heterocycles. The highest BCUT2D eigenvalue weighted by atomic mass is 19.1. The van der Waals surface area contributed by atoms with Gasteiger partial charge >= 0.3 is 0 Å². The van der Waals surface area contributed by atoms with Gasteiger partial charge in [-0.15, -0.1) is 0 Å². The molecule has 0 aliphatic carbocycles.